The van der Waals surface area contributed by atoms with Gasteiger partial charge in [0.15, 0.2) is 0 Å². The summed E-state index contributed by atoms with van der Waals surface area (Å²) in [7, 11) is 0. The van der Waals surface area contributed by atoms with Gasteiger partial charge in [0.1, 0.15) is 0 Å². The summed E-state index contributed by atoms with van der Waals surface area (Å²) in [5.74, 6) is 0.292. The SMILES string of the molecule is CCCC(C)C(=O)NCCc1nc(CC)c(C)s1. The molecule has 1 aromatic rings. The highest BCUT2D eigenvalue weighted by atomic mass is 32.1. The van der Waals surface area contributed by atoms with Crippen LogP contribution in [0.1, 0.15) is 49.2 Å². The van der Waals surface area contributed by atoms with Gasteiger partial charge < -0.3 is 5.32 Å². The smallest absolute Gasteiger partial charge is 0.222 e. The Labute approximate surface area is 114 Å². The van der Waals surface area contributed by atoms with Gasteiger partial charge in [0.05, 0.1) is 10.7 Å². The fourth-order valence-corrected chi connectivity index (χ4v) is 2.97. The third-order valence-electron chi connectivity index (χ3n) is 3.08. The van der Waals surface area contributed by atoms with Crippen molar-refractivity contribution in [1.82, 2.24) is 10.3 Å². The summed E-state index contributed by atoms with van der Waals surface area (Å²) >= 11 is 1.75. The van der Waals surface area contributed by atoms with E-state index in [-0.39, 0.29) is 11.8 Å². The molecule has 1 heterocycles. The number of aryl methyl sites for hydroxylation is 2. The molecule has 0 spiro atoms. The van der Waals surface area contributed by atoms with Crippen LogP contribution in [0.15, 0.2) is 0 Å². The van der Waals surface area contributed by atoms with Crippen LogP contribution in [0.5, 0.6) is 0 Å². The largest absolute Gasteiger partial charge is 0.355 e. The van der Waals surface area contributed by atoms with Gasteiger partial charge >= 0.3 is 0 Å². The number of nitrogens with zero attached hydrogens (tertiary/aromatic N) is 1. The molecule has 0 fully saturated rings. The molecule has 0 radical (unpaired) electrons. The Balaban J connectivity index is 2.35. The summed E-state index contributed by atoms with van der Waals surface area (Å²) in [6, 6.07) is 0. The zero-order valence-corrected chi connectivity index (χ0v) is 12.7. The third kappa shape index (κ3) is 4.41. The molecular weight excluding hydrogens is 244 g/mol. The minimum atomic E-state index is 0.124. The first kappa shape index (κ1) is 15.2. The molecule has 3 nitrogen and oxygen atoms in total. The summed E-state index contributed by atoms with van der Waals surface area (Å²) in [5.41, 5.74) is 1.20. The van der Waals surface area contributed by atoms with Crippen LogP contribution >= 0.6 is 11.3 Å². The van der Waals surface area contributed by atoms with Crippen LogP contribution in [0.3, 0.4) is 0 Å². The highest BCUT2D eigenvalue weighted by molar-refractivity contribution is 7.11. The number of aromatic nitrogens is 1. The zero-order valence-electron chi connectivity index (χ0n) is 11.9. The Morgan fingerprint density at radius 1 is 1.44 bits per heavy atom. The van der Waals surface area contributed by atoms with Gasteiger partial charge in [0.2, 0.25) is 5.91 Å². The number of hydrogen-bond acceptors (Lipinski definition) is 3. The number of rotatable bonds is 7. The first-order valence-corrected chi connectivity index (χ1v) is 7.63. The number of nitrogens with one attached hydrogen (secondary N) is 1. The molecule has 0 saturated carbocycles. The summed E-state index contributed by atoms with van der Waals surface area (Å²) in [6.45, 7) is 9.03. The predicted molar refractivity (Wildman–Crippen MR) is 77.0 cm³/mol. The molecule has 1 rings (SSSR count). The van der Waals surface area contributed by atoms with Gasteiger partial charge in [-0.3, -0.25) is 4.79 Å². The van der Waals surface area contributed by atoms with Gasteiger partial charge in [0, 0.05) is 23.8 Å². The molecule has 18 heavy (non-hydrogen) atoms. The maximum Gasteiger partial charge on any atom is 0.222 e. The average molecular weight is 268 g/mol. The summed E-state index contributed by atoms with van der Waals surface area (Å²) in [6.07, 6.45) is 3.85. The van der Waals surface area contributed by atoms with E-state index >= 15 is 0 Å². The standard InChI is InChI=1S/C14H24N2OS/c1-5-7-10(3)14(17)15-9-8-13-16-12(6-2)11(4)18-13/h10H,5-9H2,1-4H3,(H,15,17). The Hall–Kier alpha value is -0.900. The molecule has 0 aliphatic rings. The lowest BCUT2D eigenvalue weighted by atomic mass is 10.1. The molecule has 1 unspecified atom stereocenters. The van der Waals surface area contributed by atoms with E-state index < -0.39 is 0 Å². The van der Waals surface area contributed by atoms with E-state index in [1.807, 2.05) is 6.92 Å². The average Bonchev–Trinajstić information content (AvgIpc) is 2.70. The van der Waals surface area contributed by atoms with Gasteiger partial charge in [-0.15, -0.1) is 11.3 Å². The van der Waals surface area contributed by atoms with Gasteiger partial charge in [-0.1, -0.05) is 27.2 Å². The van der Waals surface area contributed by atoms with Crippen LogP contribution < -0.4 is 5.32 Å². The van der Waals surface area contributed by atoms with Crippen molar-refractivity contribution in [3.63, 3.8) is 0 Å². The quantitative estimate of drug-likeness (QED) is 0.825. The second-order valence-electron chi connectivity index (χ2n) is 4.69. The van der Waals surface area contributed by atoms with Crippen LogP contribution in [0.2, 0.25) is 0 Å². The van der Waals surface area contributed by atoms with Crippen LogP contribution in [0.4, 0.5) is 0 Å². The highest BCUT2D eigenvalue weighted by Crippen LogP contribution is 2.18. The molecule has 0 aliphatic heterocycles. The van der Waals surface area contributed by atoms with Crippen molar-refractivity contribution in [1.29, 1.82) is 0 Å². The molecule has 1 atom stereocenters. The molecule has 0 aromatic carbocycles. The van der Waals surface area contributed by atoms with Crippen LogP contribution in [0.25, 0.3) is 0 Å². The Bertz CT molecular complexity index is 387. The summed E-state index contributed by atoms with van der Waals surface area (Å²) < 4.78 is 0. The number of thiazole rings is 1. The fraction of sp³-hybridized carbons (Fsp3) is 0.714. The predicted octanol–water partition coefficient (Wildman–Crippen LogP) is 3.11. The lowest BCUT2D eigenvalue weighted by Gasteiger charge is -2.10. The van der Waals surface area contributed by atoms with Crippen molar-refractivity contribution in [3.8, 4) is 0 Å². The van der Waals surface area contributed by atoms with E-state index in [2.05, 4.69) is 31.1 Å². The number of carbonyl (C=O) groups is 1. The minimum Gasteiger partial charge on any atom is -0.355 e. The summed E-state index contributed by atoms with van der Waals surface area (Å²) in [5, 5.41) is 4.12. The van der Waals surface area contributed by atoms with Crippen molar-refractivity contribution in [2.24, 2.45) is 5.92 Å². The molecule has 0 saturated heterocycles. The second kappa shape index (κ2) is 7.52. The van der Waals surface area contributed by atoms with E-state index in [1.165, 1.54) is 10.6 Å². The van der Waals surface area contributed by atoms with E-state index in [9.17, 15) is 4.79 Å². The first-order chi connectivity index (χ1) is 8.58. The topological polar surface area (TPSA) is 42.0 Å². The normalized spacial score (nSPS) is 12.4. The van der Waals surface area contributed by atoms with Crippen LogP contribution in [-0.4, -0.2) is 17.4 Å². The molecule has 102 valence electrons. The van der Waals surface area contributed by atoms with E-state index in [4.69, 9.17) is 0 Å². The van der Waals surface area contributed by atoms with E-state index in [1.54, 1.807) is 11.3 Å². The molecule has 4 heteroatoms. The Kier molecular flexibility index (Phi) is 6.33. The van der Waals surface area contributed by atoms with Crippen molar-refractivity contribution in [3.05, 3.63) is 15.6 Å². The molecule has 1 aromatic heterocycles. The molecular formula is C14H24N2OS. The number of amides is 1. The van der Waals surface area contributed by atoms with Crippen LogP contribution in [-0.2, 0) is 17.6 Å². The van der Waals surface area contributed by atoms with Crippen molar-refractivity contribution in [2.75, 3.05) is 6.54 Å². The van der Waals surface area contributed by atoms with Gasteiger partial charge in [0.25, 0.3) is 0 Å². The molecule has 0 aliphatic carbocycles. The zero-order chi connectivity index (χ0) is 13.5. The van der Waals surface area contributed by atoms with Gasteiger partial charge in [-0.05, 0) is 19.8 Å². The minimum absolute atomic E-state index is 0.124. The van der Waals surface area contributed by atoms with E-state index in [0.717, 1.165) is 30.7 Å². The van der Waals surface area contributed by atoms with E-state index in [0.29, 0.717) is 6.54 Å². The lowest BCUT2D eigenvalue weighted by molar-refractivity contribution is -0.124. The highest BCUT2D eigenvalue weighted by Gasteiger charge is 2.11. The van der Waals surface area contributed by atoms with Crippen molar-refractivity contribution < 1.29 is 4.79 Å². The maximum absolute atomic E-state index is 11.7. The number of hydrogen-bond donors (Lipinski definition) is 1. The second-order valence-corrected chi connectivity index (χ2v) is 5.98. The number of carbonyl (C=O) groups excluding carboxylic acids is 1. The Morgan fingerprint density at radius 3 is 2.72 bits per heavy atom. The maximum atomic E-state index is 11.7. The Morgan fingerprint density at radius 2 is 2.17 bits per heavy atom. The van der Waals surface area contributed by atoms with Crippen LogP contribution in [0, 0.1) is 12.8 Å². The molecule has 0 bridgehead atoms. The molecule has 1 amide bonds. The van der Waals surface area contributed by atoms with Gasteiger partial charge in [-0.25, -0.2) is 4.98 Å². The van der Waals surface area contributed by atoms with Gasteiger partial charge in [-0.2, -0.15) is 0 Å². The monoisotopic (exact) mass is 268 g/mol. The van der Waals surface area contributed by atoms with Crippen molar-refractivity contribution in [2.45, 2.75) is 53.4 Å². The fourth-order valence-electron chi connectivity index (χ4n) is 1.95. The van der Waals surface area contributed by atoms with Crippen molar-refractivity contribution >= 4 is 17.2 Å². The lowest BCUT2D eigenvalue weighted by Crippen LogP contribution is -2.30. The summed E-state index contributed by atoms with van der Waals surface area (Å²) in [4.78, 5) is 17.6. The molecule has 1 N–H and O–H groups in total. The third-order valence-corrected chi connectivity index (χ3v) is 4.15. The first-order valence-electron chi connectivity index (χ1n) is 6.81.